The van der Waals surface area contributed by atoms with Crippen LogP contribution in [0, 0.1) is 0 Å². The molecule has 0 saturated carbocycles. The lowest BCUT2D eigenvalue weighted by atomic mass is 10.1. The molecule has 0 fully saturated rings. The van der Waals surface area contributed by atoms with Crippen molar-refractivity contribution in [3.63, 3.8) is 0 Å². The van der Waals surface area contributed by atoms with Gasteiger partial charge in [0.25, 0.3) is 0 Å². The Hall–Kier alpha value is -1.24. The molecule has 1 aromatic carbocycles. The van der Waals surface area contributed by atoms with E-state index in [4.69, 9.17) is 0 Å². The monoisotopic (exact) mass is 353 g/mol. The number of hydrogen-bond donors (Lipinski definition) is 2. The molecule has 2 aromatic rings. The Kier molecular flexibility index (Phi) is 5.70. The van der Waals surface area contributed by atoms with Gasteiger partial charge in [0.05, 0.1) is 0 Å². The molecule has 0 atom stereocenters. The first-order valence-corrected chi connectivity index (χ1v) is 7.92. The second-order valence-corrected chi connectivity index (χ2v) is 6.37. The predicted molar refractivity (Wildman–Crippen MR) is 86.2 cm³/mol. The van der Waals surface area contributed by atoms with Gasteiger partial charge in [0.1, 0.15) is 0 Å². The van der Waals surface area contributed by atoms with Crippen LogP contribution in [0.1, 0.15) is 16.9 Å². The number of anilines is 1. The summed E-state index contributed by atoms with van der Waals surface area (Å²) in [6, 6.07) is 8.19. The molecule has 20 heavy (non-hydrogen) atoms. The zero-order valence-electron chi connectivity index (χ0n) is 11.1. The number of benzene rings is 1. The van der Waals surface area contributed by atoms with E-state index in [9.17, 15) is 4.79 Å². The zero-order valence-corrected chi connectivity index (χ0v) is 13.6. The summed E-state index contributed by atoms with van der Waals surface area (Å²) in [5, 5.41) is 6.42. The van der Waals surface area contributed by atoms with Crippen molar-refractivity contribution in [2.75, 3.05) is 18.9 Å². The van der Waals surface area contributed by atoms with Gasteiger partial charge in [-0.1, -0.05) is 28.1 Å². The Balaban J connectivity index is 1.93. The Morgan fingerprint density at radius 3 is 3.05 bits per heavy atom. The molecule has 0 aliphatic rings. The lowest BCUT2D eigenvalue weighted by molar-refractivity contribution is -0.116. The average molecular weight is 354 g/mol. The third-order valence-electron chi connectivity index (χ3n) is 2.67. The molecule has 0 aliphatic heterocycles. The number of thiazole rings is 1. The van der Waals surface area contributed by atoms with Crippen LogP contribution in [0.5, 0.6) is 0 Å². The molecule has 0 spiro atoms. The third-order valence-corrected chi connectivity index (χ3v) is 4.08. The van der Waals surface area contributed by atoms with Gasteiger partial charge in [-0.15, -0.1) is 11.3 Å². The van der Waals surface area contributed by atoms with Gasteiger partial charge in [-0.05, 0) is 24.7 Å². The van der Waals surface area contributed by atoms with Crippen molar-refractivity contribution >= 4 is 38.3 Å². The van der Waals surface area contributed by atoms with Gasteiger partial charge < -0.3 is 10.6 Å². The van der Waals surface area contributed by atoms with E-state index < -0.39 is 0 Å². The van der Waals surface area contributed by atoms with Crippen molar-refractivity contribution in [1.29, 1.82) is 0 Å². The number of halogens is 1. The van der Waals surface area contributed by atoms with E-state index in [1.54, 1.807) is 0 Å². The summed E-state index contributed by atoms with van der Waals surface area (Å²) in [7, 11) is 1.83. The van der Waals surface area contributed by atoms with E-state index >= 15 is 0 Å². The lowest BCUT2D eigenvalue weighted by Gasteiger charge is -2.00. The average Bonchev–Trinajstić information content (AvgIpc) is 2.83. The maximum atomic E-state index is 11.6. The largest absolute Gasteiger partial charge is 0.319 e. The summed E-state index contributed by atoms with van der Waals surface area (Å²) >= 11 is 4.98. The fourth-order valence-corrected chi connectivity index (χ4v) is 3.02. The molecule has 4 nitrogen and oxygen atoms in total. The summed E-state index contributed by atoms with van der Waals surface area (Å²) in [6.07, 6.45) is 3.10. The van der Waals surface area contributed by atoms with Crippen molar-refractivity contribution in [1.82, 2.24) is 10.3 Å². The minimum absolute atomic E-state index is 0.0114. The number of hydrogen-bond acceptors (Lipinski definition) is 4. The Labute approximate surface area is 130 Å². The number of nitrogens with one attached hydrogen (secondary N) is 2. The Morgan fingerprint density at radius 1 is 1.45 bits per heavy atom. The van der Waals surface area contributed by atoms with Crippen molar-refractivity contribution in [3.8, 4) is 0 Å². The number of nitrogens with zero attached hydrogens (tertiary/aromatic N) is 1. The highest BCUT2D eigenvalue weighted by atomic mass is 79.9. The van der Waals surface area contributed by atoms with E-state index in [0.29, 0.717) is 18.1 Å². The predicted octanol–water partition coefficient (Wildman–Crippen LogP) is 3.04. The smallest absolute Gasteiger partial charge is 0.227 e. The molecule has 2 N–H and O–H groups in total. The first kappa shape index (κ1) is 15.2. The minimum atomic E-state index is -0.0114. The number of carbonyl (C=O) groups is 1. The Bertz CT molecular complexity index is 585. The van der Waals surface area contributed by atoms with Crippen molar-refractivity contribution in [3.05, 3.63) is 45.4 Å². The quantitative estimate of drug-likeness (QED) is 0.838. The molecule has 106 valence electrons. The van der Waals surface area contributed by atoms with Crippen molar-refractivity contribution in [2.24, 2.45) is 0 Å². The highest BCUT2D eigenvalue weighted by Gasteiger charge is 2.07. The molecular formula is C14H16BrN3OS. The SMILES string of the molecule is CNCCC(=O)Nc1ncc(Cc2cccc(Br)c2)s1. The number of rotatable bonds is 6. The van der Waals surface area contributed by atoms with E-state index in [0.717, 1.165) is 15.8 Å². The molecule has 1 heterocycles. The van der Waals surface area contributed by atoms with Crippen molar-refractivity contribution < 1.29 is 4.79 Å². The van der Waals surface area contributed by atoms with Crippen LogP contribution in [0.3, 0.4) is 0 Å². The fraction of sp³-hybridized carbons (Fsp3) is 0.286. The van der Waals surface area contributed by atoms with Gasteiger partial charge in [-0.2, -0.15) is 0 Å². The standard InChI is InChI=1S/C14H16BrN3OS/c1-16-6-5-13(19)18-14-17-9-12(20-14)8-10-3-2-4-11(15)7-10/h2-4,7,9,16H,5-6,8H2,1H3,(H,17,18,19). The molecule has 6 heteroatoms. The normalized spacial score (nSPS) is 10.5. The first-order valence-electron chi connectivity index (χ1n) is 6.31. The van der Waals surface area contributed by atoms with Gasteiger partial charge in [0.15, 0.2) is 5.13 Å². The van der Waals surface area contributed by atoms with Crippen LogP contribution in [-0.4, -0.2) is 24.5 Å². The van der Waals surface area contributed by atoms with E-state index in [1.807, 2.05) is 25.4 Å². The van der Waals surface area contributed by atoms with Gasteiger partial charge >= 0.3 is 0 Å². The summed E-state index contributed by atoms with van der Waals surface area (Å²) in [4.78, 5) is 17.0. The van der Waals surface area contributed by atoms with Crippen LogP contribution in [0.15, 0.2) is 34.9 Å². The molecule has 2 rings (SSSR count). The van der Waals surface area contributed by atoms with E-state index in [2.05, 4.69) is 43.7 Å². The summed E-state index contributed by atoms with van der Waals surface area (Å²) in [6.45, 7) is 0.669. The molecule has 1 aromatic heterocycles. The van der Waals surface area contributed by atoms with Crippen molar-refractivity contribution in [2.45, 2.75) is 12.8 Å². The highest BCUT2D eigenvalue weighted by molar-refractivity contribution is 9.10. The van der Waals surface area contributed by atoms with Crippen LogP contribution in [0.25, 0.3) is 0 Å². The van der Waals surface area contributed by atoms with Crippen LogP contribution >= 0.6 is 27.3 Å². The topological polar surface area (TPSA) is 54.0 Å². The van der Waals surface area contributed by atoms with Gasteiger partial charge in [0, 0.05) is 34.9 Å². The minimum Gasteiger partial charge on any atom is -0.319 e. The number of aromatic nitrogens is 1. The summed E-state index contributed by atoms with van der Waals surface area (Å²) < 4.78 is 1.07. The second kappa shape index (κ2) is 7.52. The molecule has 0 unspecified atom stereocenters. The van der Waals surface area contributed by atoms with Crippen LogP contribution < -0.4 is 10.6 Å². The molecule has 0 radical (unpaired) electrons. The lowest BCUT2D eigenvalue weighted by Crippen LogP contribution is -2.18. The molecule has 0 aliphatic carbocycles. The summed E-state index contributed by atoms with van der Waals surface area (Å²) in [5.74, 6) is -0.0114. The van der Waals surface area contributed by atoms with E-state index in [-0.39, 0.29) is 5.91 Å². The molecule has 0 saturated heterocycles. The second-order valence-electron chi connectivity index (χ2n) is 4.34. The summed E-state index contributed by atoms with van der Waals surface area (Å²) in [5.41, 5.74) is 1.22. The number of carbonyl (C=O) groups excluding carboxylic acids is 1. The van der Waals surface area contributed by atoms with Gasteiger partial charge in [-0.25, -0.2) is 4.98 Å². The maximum Gasteiger partial charge on any atom is 0.227 e. The third kappa shape index (κ3) is 4.70. The maximum absolute atomic E-state index is 11.6. The zero-order chi connectivity index (χ0) is 14.4. The molecular weight excluding hydrogens is 338 g/mol. The van der Waals surface area contributed by atoms with Gasteiger partial charge in [-0.3, -0.25) is 4.79 Å². The molecule has 0 bridgehead atoms. The van der Waals surface area contributed by atoms with E-state index in [1.165, 1.54) is 16.9 Å². The van der Waals surface area contributed by atoms with Crippen LogP contribution in [0.4, 0.5) is 5.13 Å². The molecule has 1 amide bonds. The fourth-order valence-electron chi connectivity index (χ4n) is 1.72. The first-order chi connectivity index (χ1) is 9.67. The van der Waals surface area contributed by atoms with Crippen LogP contribution in [-0.2, 0) is 11.2 Å². The van der Waals surface area contributed by atoms with Gasteiger partial charge in [0.2, 0.25) is 5.91 Å². The highest BCUT2D eigenvalue weighted by Crippen LogP contribution is 2.22. The number of amides is 1. The Morgan fingerprint density at radius 2 is 2.30 bits per heavy atom. The van der Waals surface area contributed by atoms with Crippen LogP contribution in [0.2, 0.25) is 0 Å².